The van der Waals surface area contributed by atoms with Crippen molar-refractivity contribution in [3.8, 4) is 0 Å². The Bertz CT molecular complexity index is 217. The first-order valence-corrected chi connectivity index (χ1v) is 6.34. The molecular weight excluding hydrogens is 243 g/mol. The standard InChI is InChI=1S/C12H26F3N3/c1-10(2)9-18(8-7-17(3)4)11(5-6-16)12(13,14)15/h10-11H,5-9,16H2,1-4H3. The molecular formula is C12H26F3N3. The van der Waals surface area contributed by atoms with Gasteiger partial charge < -0.3 is 10.6 Å². The lowest BCUT2D eigenvalue weighted by atomic mass is 10.1. The Balaban J connectivity index is 4.74. The van der Waals surface area contributed by atoms with E-state index in [1.54, 1.807) is 0 Å². The zero-order valence-electron chi connectivity index (χ0n) is 11.8. The summed E-state index contributed by atoms with van der Waals surface area (Å²) >= 11 is 0. The molecule has 0 aromatic rings. The van der Waals surface area contributed by atoms with Gasteiger partial charge in [0.2, 0.25) is 0 Å². The summed E-state index contributed by atoms with van der Waals surface area (Å²) < 4.78 is 39.1. The molecule has 0 fully saturated rings. The average molecular weight is 269 g/mol. The van der Waals surface area contributed by atoms with Crippen LogP contribution >= 0.6 is 0 Å². The molecule has 0 bridgehead atoms. The molecule has 0 aliphatic heterocycles. The number of likely N-dealkylation sites (N-methyl/N-ethyl adjacent to an activating group) is 1. The molecule has 0 heterocycles. The minimum absolute atomic E-state index is 0.0380. The number of rotatable bonds is 8. The maximum atomic E-state index is 13.0. The van der Waals surface area contributed by atoms with Crippen LogP contribution in [0.5, 0.6) is 0 Å². The van der Waals surface area contributed by atoms with Crippen LogP contribution in [0.25, 0.3) is 0 Å². The normalized spacial score (nSPS) is 14.8. The molecule has 3 nitrogen and oxygen atoms in total. The van der Waals surface area contributed by atoms with Crippen LogP contribution in [0.15, 0.2) is 0 Å². The molecule has 0 aromatic heterocycles. The summed E-state index contributed by atoms with van der Waals surface area (Å²) in [6, 6.07) is -1.43. The van der Waals surface area contributed by atoms with Gasteiger partial charge in [0.25, 0.3) is 0 Å². The van der Waals surface area contributed by atoms with Crippen LogP contribution in [0, 0.1) is 5.92 Å². The third-order valence-corrected chi connectivity index (χ3v) is 2.69. The van der Waals surface area contributed by atoms with E-state index in [1.807, 2.05) is 32.8 Å². The summed E-state index contributed by atoms with van der Waals surface area (Å²) in [4.78, 5) is 3.40. The number of alkyl halides is 3. The Morgan fingerprint density at radius 2 is 1.67 bits per heavy atom. The van der Waals surface area contributed by atoms with Gasteiger partial charge in [-0.05, 0) is 33.0 Å². The minimum atomic E-state index is -4.21. The van der Waals surface area contributed by atoms with Gasteiger partial charge in [-0.2, -0.15) is 13.2 Å². The van der Waals surface area contributed by atoms with E-state index in [1.165, 1.54) is 4.90 Å². The molecule has 2 N–H and O–H groups in total. The van der Waals surface area contributed by atoms with Crippen LogP contribution in [0.4, 0.5) is 13.2 Å². The summed E-state index contributed by atoms with van der Waals surface area (Å²) in [5.41, 5.74) is 5.31. The summed E-state index contributed by atoms with van der Waals surface area (Å²) in [5, 5.41) is 0. The summed E-state index contributed by atoms with van der Waals surface area (Å²) in [6.45, 7) is 5.38. The quantitative estimate of drug-likeness (QED) is 0.729. The lowest BCUT2D eigenvalue weighted by molar-refractivity contribution is -0.186. The highest BCUT2D eigenvalue weighted by molar-refractivity contribution is 4.80. The van der Waals surface area contributed by atoms with Gasteiger partial charge >= 0.3 is 6.18 Å². The molecule has 1 atom stereocenters. The molecule has 0 radical (unpaired) electrons. The van der Waals surface area contributed by atoms with Gasteiger partial charge in [-0.1, -0.05) is 13.8 Å². The molecule has 0 spiro atoms. The van der Waals surface area contributed by atoms with E-state index in [-0.39, 0.29) is 18.9 Å². The highest BCUT2D eigenvalue weighted by atomic mass is 19.4. The molecule has 0 saturated heterocycles. The van der Waals surface area contributed by atoms with E-state index in [0.717, 1.165) is 0 Å². The maximum absolute atomic E-state index is 13.0. The molecule has 110 valence electrons. The molecule has 0 aliphatic rings. The number of hydrogen-bond acceptors (Lipinski definition) is 3. The third-order valence-electron chi connectivity index (χ3n) is 2.69. The van der Waals surface area contributed by atoms with Gasteiger partial charge in [0.15, 0.2) is 0 Å². The minimum Gasteiger partial charge on any atom is -0.330 e. The Hall–Kier alpha value is -0.330. The van der Waals surface area contributed by atoms with Gasteiger partial charge in [0, 0.05) is 19.6 Å². The zero-order valence-corrected chi connectivity index (χ0v) is 11.8. The van der Waals surface area contributed by atoms with Crippen molar-refractivity contribution in [3.63, 3.8) is 0 Å². The predicted octanol–water partition coefficient (Wildman–Crippen LogP) is 1.79. The van der Waals surface area contributed by atoms with Crippen molar-refractivity contribution < 1.29 is 13.2 Å². The largest absolute Gasteiger partial charge is 0.404 e. The van der Waals surface area contributed by atoms with Crippen LogP contribution in [-0.4, -0.2) is 62.3 Å². The Labute approximate surface area is 108 Å². The van der Waals surface area contributed by atoms with Crippen molar-refractivity contribution in [2.24, 2.45) is 11.7 Å². The van der Waals surface area contributed by atoms with E-state index in [2.05, 4.69) is 0 Å². The summed E-state index contributed by atoms with van der Waals surface area (Å²) in [6.07, 6.45) is -4.25. The monoisotopic (exact) mass is 269 g/mol. The first-order valence-electron chi connectivity index (χ1n) is 6.34. The zero-order chi connectivity index (χ0) is 14.3. The topological polar surface area (TPSA) is 32.5 Å². The number of halogens is 3. The van der Waals surface area contributed by atoms with Gasteiger partial charge in [-0.15, -0.1) is 0 Å². The Morgan fingerprint density at radius 3 is 2.00 bits per heavy atom. The molecule has 0 aromatic carbocycles. The van der Waals surface area contributed by atoms with E-state index in [4.69, 9.17) is 5.73 Å². The molecule has 1 unspecified atom stereocenters. The van der Waals surface area contributed by atoms with Crippen molar-refractivity contribution in [2.45, 2.75) is 32.5 Å². The number of nitrogens with two attached hydrogens (primary N) is 1. The van der Waals surface area contributed by atoms with E-state index >= 15 is 0 Å². The van der Waals surface area contributed by atoms with Gasteiger partial charge in [0.1, 0.15) is 6.04 Å². The molecule has 0 amide bonds. The second kappa shape index (κ2) is 7.96. The predicted molar refractivity (Wildman–Crippen MR) is 68.5 cm³/mol. The van der Waals surface area contributed by atoms with Crippen molar-refractivity contribution in [1.29, 1.82) is 0 Å². The fraction of sp³-hybridized carbons (Fsp3) is 1.00. The second-order valence-corrected chi connectivity index (χ2v) is 5.33. The molecule has 0 aliphatic carbocycles. The Morgan fingerprint density at radius 1 is 1.11 bits per heavy atom. The first kappa shape index (κ1) is 17.7. The van der Waals surface area contributed by atoms with Crippen LogP contribution in [0.2, 0.25) is 0 Å². The van der Waals surface area contributed by atoms with Gasteiger partial charge in [0.05, 0.1) is 0 Å². The number of nitrogens with zero attached hydrogens (tertiary/aromatic N) is 2. The molecule has 6 heteroatoms. The lowest BCUT2D eigenvalue weighted by Crippen LogP contribution is -2.50. The molecule has 18 heavy (non-hydrogen) atoms. The number of hydrogen-bond donors (Lipinski definition) is 1. The van der Waals surface area contributed by atoms with Crippen LogP contribution in [-0.2, 0) is 0 Å². The van der Waals surface area contributed by atoms with Crippen molar-refractivity contribution >= 4 is 0 Å². The van der Waals surface area contributed by atoms with Crippen molar-refractivity contribution in [3.05, 3.63) is 0 Å². The summed E-state index contributed by atoms with van der Waals surface area (Å²) in [5.74, 6) is 0.204. The van der Waals surface area contributed by atoms with E-state index < -0.39 is 12.2 Å². The first-order chi connectivity index (χ1) is 8.18. The van der Waals surface area contributed by atoms with E-state index in [9.17, 15) is 13.2 Å². The van der Waals surface area contributed by atoms with Gasteiger partial charge in [-0.25, -0.2) is 0 Å². The van der Waals surface area contributed by atoms with E-state index in [0.29, 0.717) is 19.6 Å². The highest BCUT2D eigenvalue weighted by Gasteiger charge is 2.42. The maximum Gasteiger partial charge on any atom is 0.404 e. The molecule has 0 saturated carbocycles. The Kier molecular flexibility index (Phi) is 7.82. The third kappa shape index (κ3) is 7.18. The summed E-state index contributed by atoms with van der Waals surface area (Å²) in [7, 11) is 3.72. The highest BCUT2D eigenvalue weighted by Crippen LogP contribution is 2.27. The SMILES string of the molecule is CC(C)CN(CCN(C)C)C(CCN)C(F)(F)F. The smallest absolute Gasteiger partial charge is 0.330 e. The van der Waals surface area contributed by atoms with Gasteiger partial charge in [-0.3, -0.25) is 4.90 Å². The van der Waals surface area contributed by atoms with Crippen molar-refractivity contribution in [1.82, 2.24) is 9.80 Å². The fourth-order valence-electron chi connectivity index (χ4n) is 1.88. The lowest BCUT2D eigenvalue weighted by Gasteiger charge is -2.34. The van der Waals surface area contributed by atoms with Crippen LogP contribution < -0.4 is 5.73 Å². The van der Waals surface area contributed by atoms with Crippen molar-refractivity contribution in [2.75, 3.05) is 40.3 Å². The fourth-order valence-corrected chi connectivity index (χ4v) is 1.88. The second-order valence-electron chi connectivity index (χ2n) is 5.33. The molecule has 0 rings (SSSR count). The van der Waals surface area contributed by atoms with Crippen LogP contribution in [0.1, 0.15) is 20.3 Å². The van der Waals surface area contributed by atoms with Crippen LogP contribution in [0.3, 0.4) is 0 Å². The average Bonchev–Trinajstić information content (AvgIpc) is 2.18.